The van der Waals surface area contributed by atoms with Crippen LogP contribution in [0.2, 0.25) is 0 Å². The van der Waals surface area contributed by atoms with Crippen LogP contribution in [0.3, 0.4) is 0 Å². The van der Waals surface area contributed by atoms with Crippen molar-refractivity contribution >= 4 is 5.91 Å². The minimum absolute atomic E-state index is 0.281. The highest BCUT2D eigenvalue weighted by Gasteiger charge is 2.20. The number of alkyl halides is 2. The second-order valence-electron chi connectivity index (χ2n) is 3.67. The number of aryl methyl sites for hydroxylation is 1. The zero-order valence-electron chi connectivity index (χ0n) is 9.78. The lowest BCUT2D eigenvalue weighted by atomic mass is 10.3. The summed E-state index contributed by atoms with van der Waals surface area (Å²) in [7, 11) is 0. The van der Waals surface area contributed by atoms with Gasteiger partial charge in [0.2, 0.25) is 5.91 Å². The number of halogens is 2. The van der Waals surface area contributed by atoms with Gasteiger partial charge in [0.05, 0.1) is 0 Å². The molecular formula is C11H15F2N3O. The van der Waals surface area contributed by atoms with E-state index in [1.165, 1.54) is 10.7 Å². The van der Waals surface area contributed by atoms with Gasteiger partial charge in [-0.25, -0.2) is 8.78 Å². The zero-order valence-corrected chi connectivity index (χ0v) is 9.78. The number of hydrogen-bond donors (Lipinski definition) is 1. The van der Waals surface area contributed by atoms with Gasteiger partial charge in [-0.05, 0) is 19.9 Å². The quantitative estimate of drug-likeness (QED) is 0.804. The van der Waals surface area contributed by atoms with E-state index in [1.54, 1.807) is 19.9 Å². The number of amides is 1. The van der Waals surface area contributed by atoms with Crippen LogP contribution >= 0.6 is 0 Å². The number of rotatable bonds is 5. The Morgan fingerprint density at radius 1 is 1.71 bits per heavy atom. The first-order valence-corrected chi connectivity index (χ1v) is 5.20. The molecule has 4 nitrogen and oxygen atoms in total. The van der Waals surface area contributed by atoms with Gasteiger partial charge in [0.15, 0.2) is 0 Å². The fourth-order valence-corrected chi connectivity index (χ4v) is 1.44. The molecule has 0 bridgehead atoms. The van der Waals surface area contributed by atoms with Crippen molar-refractivity contribution < 1.29 is 13.6 Å². The number of nitrogens with one attached hydrogen (secondary N) is 1. The summed E-state index contributed by atoms with van der Waals surface area (Å²) >= 11 is 0. The van der Waals surface area contributed by atoms with Crippen molar-refractivity contribution in [2.75, 3.05) is 6.54 Å². The first-order chi connectivity index (χ1) is 7.97. The molecule has 0 aliphatic rings. The van der Waals surface area contributed by atoms with Gasteiger partial charge in [0.1, 0.15) is 11.7 Å². The van der Waals surface area contributed by atoms with Gasteiger partial charge in [0, 0.05) is 12.2 Å². The van der Waals surface area contributed by atoms with E-state index in [9.17, 15) is 13.6 Å². The molecule has 0 fully saturated rings. The lowest BCUT2D eigenvalue weighted by molar-refractivity contribution is -0.123. The fourth-order valence-electron chi connectivity index (χ4n) is 1.44. The van der Waals surface area contributed by atoms with E-state index in [4.69, 9.17) is 0 Å². The van der Waals surface area contributed by atoms with Crippen LogP contribution in [0.15, 0.2) is 18.7 Å². The van der Waals surface area contributed by atoms with Crippen LogP contribution in [0.25, 0.3) is 0 Å². The largest absolute Gasteiger partial charge is 0.351 e. The molecule has 0 aliphatic heterocycles. The van der Waals surface area contributed by atoms with Crippen LogP contribution in [0.1, 0.15) is 30.8 Å². The molecule has 1 unspecified atom stereocenters. The molecule has 0 spiro atoms. The maximum Gasteiger partial charge on any atom is 0.282 e. The standard InChI is InChI=1S/C11H15F2N3O/c1-4-5-14-11(17)8(3)16-7(2)6-9(15-16)10(12)13/h4,6,8,10H,1,5H2,2-3H3,(H,14,17). The average Bonchev–Trinajstić information content (AvgIpc) is 2.67. The summed E-state index contributed by atoms with van der Waals surface area (Å²) in [6.07, 6.45) is -1.08. The minimum atomic E-state index is -2.63. The van der Waals surface area contributed by atoms with E-state index in [1.807, 2.05) is 0 Å². The van der Waals surface area contributed by atoms with Crippen molar-refractivity contribution in [1.82, 2.24) is 15.1 Å². The van der Waals surface area contributed by atoms with Gasteiger partial charge < -0.3 is 5.32 Å². The summed E-state index contributed by atoms with van der Waals surface area (Å²) < 4.78 is 26.2. The Kier molecular flexibility index (Phi) is 4.37. The maximum atomic E-state index is 12.4. The molecule has 0 saturated heterocycles. The molecule has 1 N–H and O–H groups in total. The molecule has 1 amide bonds. The highest BCUT2D eigenvalue weighted by Crippen LogP contribution is 2.20. The molecule has 94 valence electrons. The summed E-state index contributed by atoms with van der Waals surface area (Å²) in [4.78, 5) is 11.6. The molecule has 1 rings (SSSR count). The second-order valence-corrected chi connectivity index (χ2v) is 3.67. The van der Waals surface area contributed by atoms with Crippen LogP contribution < -0.4 is 5.32 Å². The van der Waals surface area contributed by atoms with Crippen molar-refractivity contribution in [1.29, 1.82) is 0 Å². The van der Waals surface area contributed by atoms with E-state index in [2.05, 4.69) is 17.0 Å². The van der Waals surface area contributed by atoms with Gasteiger partial charge in [0.25, 0.3) is 6.43 Å². The summed E-state index contributed by atoms with van der Waals surface area (Å²) in [5.74, 6) is -0.281. The fraction of sp³-hybridized carbons (Fsp3) is 0.455. The smallest absolute Gasteiger partial charge is 0.282 e. The topological polar surface area (TPSA) is 46.9 Å². The lowest BCUT2D eigenvalue weighted by Crippen LogP contribution is -2.32. The SMILES string of the molecule is C=CCNC(=O)C(C)n1nc(C(F)F)cc1C. The Morgan fingerprint density at radius 2 is 2.35 bits per heavy atom. The molecule has 1 aromatic heterocycles. The van der Waals surface area contributed by atoms with Gasteiger partial charge in [-0.1, -0.05) is 6.08 Å². The van der Waals surface area contributed by atoms with E-state index < -0.39 is 12.5 Å². The van der Waals surface area contributed by atoms with Gasteiger partial charge in [-0.2, -0.15) is 5.10 Å². The summed E-state index contributed by atoms with van der Waals surface area (Å²) in [6, 6.07) is 0.657. The normalized spacial score (nSPS) is 12.5. The Hall–Kier alpha value is -1.72. The number of hydrogen-bond acceptors (Lipinski definition) is 2. The van der Waals surface area contributed by atoms with E-state index in [0.29, 0.717) is 12.2 Å². The summed E-state index contributed by atoms with van der Waals surface area (Å²) in [5.41, 5.74) is 0.215. The zero-order chi connectivity index (χ0) is 13.0. The number of carbonyl (C=O) groups is 1. The van der Waals surface area contributed by atoms with Crippen molar-refractivity contribution in [2.45, 2.75) is 26.3 Å². The predicted molar refractivity (Wildman–Crippen MR) is 59.8 cm³/mol. The molecule has 0 radical (unpaired) electrons. The summed E-state index contributed by atoms with van der Waals surface area (Å²) in [5, 5.41) is 6.31. The van der Waals surface area contributed by atoms with Crippen LogP contribution in [0.5, 0.6) is 0 Å². The minimum Gasteiger partial charge on any atom is -0.351 e. The third-order valence-corrected chi connectivity index (χ3v) is 2.33. The molecule has 0 aromatic carbocycles. The van der Waals surface area contributed by atoms with Crippen molar-refractivity contribution in [3.05, 3.63) is 30.1 Å². The van der Waals surface area contributed by atoms with E-state index >= 15 is 0 Å². The molecule has 0 saturated carbocycles. The lowest BCUT2D eigenvalue weighted by Gasteiger charge is -2.13. The highest BCUT2D eigenvalue weighted by atomic mass is 19.3. The Balaban J connectivity index is 2.84. The predicted octanol–water partition coefficient (Wildman–Crippen LogP) is 1.99. The third-order valence-electron chi connectivity index (χ3n) is 2.33. The average molecular weight is 243 g/mol. The Morgan fingerprint density at radius 3 is 2.82 bits per heavy atom. The molecule has 17 heavy (non-hydrogen) atoms. The first kappa shape index (κ1) is 13.3. The molecule has 0 aliphatic carbocycles. The van der Waals surface area contributed by atoms with Crippen LogP contribution in [0.4, 0.5) is 8.78 Å². The molecule has 6 heteroatoms. The van der Waals surface area contributed by atoms with E-state index in [-0.39, 0.29) is 11.6 Å². The third kappa shape index (κ3) is 3.12. The van der Waals surface area contributed by atoms with Crippen LogP contribution in [-0.2, 0) is 4.79 Å². The van der Waals surface area contributed by atoms with Crippen molar-refractivity contribution in [3.8, 4) is 0 Å². The summed E-state index contributed by atoms with van der Waals surface area (Å²) in [6.45, 7) is 7.05. The van der Waals surface area contributed by atoms with Crippen LogP contribution in [-0.4, -0.2) is 22.2 Å². The van der Waals surface area contributed by atoms with Crippen molar-refractivity contribution in [2.24, 2.45) is 0 Å². The van der Waals surface area contributed by atoms with Crippen molar-refractivity contribution in [3.63, 3.8) is 0 Å². The second kappa shape index (κ2) is 5.56. The maximum absolute atomic E-state index is 12.4. The van der Waals surface area contributed by atoms with Gasteiger partial charge >= 0.3 is 0 Å². The molecule has 1 aromatic rings. The molecular weight excluding hydrogens is 228 g/mol. The number of aromatic nitrogens is 2. The van der Waals surface area contributed by atoms with E-state index in [0.717, 1.165) is 0 Å². The number of carbonyl (C=O) groups excluding carboxylic acids is 1. The van der Waals surface area contributed by atoms with Gasteiger partial charge in [-0.15, -0.1) is 6.58 Å². The number of nitrogens with zero attached hydrogens (tertiary/aromatic N) is 2. The van der Waals surface area contributed by atoms with Crippen LogP contribution in [0, 0.1) is 6.92 Å². The monoisotopic (exact) mass is 243 g/mol. The Bertz CT molecular complexity index is 415. The van der Waals surface area contributed by atoms with Gasteiger partial charge in [-0.3, -0.25) is 9.48 Å². The molecule has 1 heterocycles. The highest BCUT2D eigenvalue weighted by molar-refractivity contribution is 5.79. The molecule has 1 atom stereocenters. The Labute approximate surface area is 98.3 Å². The first-order valence-electron chi connectivity index (χ1n) is 5.20.